The second kappa shape index (κ2) is 7.97. The van der Waals surface area contributed by atoms with E-state index in [9.17, 15) is 4.79 Å². The van der Waals surface area contributed by atoms with Crippen molar-refractivity contribution in [3.05, 3.63) is 18.2 Å². The van der Waals surface area contributed by atoms with Gasteiger partial charge in [0.05, 0.1) is 19.9 Å². The maximum atomic E-state index is 12.0. The van der Waals surface area contributed by atoms with Crippen molar-refractivity contribution in [3.63, 3.8) is 0 Å². The molecule has 0 saturated carbocycles. The molecule has 1 heterocycles. The molecule has 1 aromatic rings. The molecule has 0 spiro atoms. The van der Waals surface area contributed by atoms with Gasteiger partial charge in [0, 0.05) is 18.5 Å². The van der Waals surface area contributed by atoms with Crippen LogP contribution in [0, 0.1) is 0 Å². The summed E-state index contributed by atoms with van der Waals surface area (Å²) in [6.45, 7) is 1.00. The minimum absolute atomic E-state index is 0. The monoisotopic (exact) mass is 300 g/mol. The SMILES string of the molecule is COc1ccc(OC)c(NC(=O)CC2CCCN2)c1.Cl. The predicted octanol–water partition coefficient (Wildman–Crippen LogP) is 2.21. The Kier molecular flexibility index (Phi) is 6.61. The van der Waals surface area contributed by atoms with E-state index in [1.807, 2.05) is 0 Å². The lowest BCUT2D eigenvalue weighted by atomic mass is 10.1. The van der Waals surface area contributed by atoms with Crippen LogP contribution in [0.15, 0.2) is 18.2 Å². The number of amides is 1. The number of benzene rings is 1. The molecule has 6 heteroatoms. The van der Waals surface area contributed by atoms with Crippen LogP contribution in [-0.2, 0) is 4.79 Å². The molecule has 1 unspecified atom stereocenters. The highest BCUT2D eigenvalue weighted by atomic mass is 35.5. The van der Waals surface area contributed by atoms with Crippen molar-refractivity contribution in [1.29, 1.82) is 0 Å². The number of nitrogens with one attached hydrogen (secondary N) is 2. The summed E-state index contributed by atoms with van der Waals surface area (Å²) < 4.78 is 10.4. The van der Waals surface area contributed by atoms with Crippen LogP contribution in [0.2, 0.25) is 0 Å². The van der Waals surface area contributed by atoms with Crippen LogP contribution < -0.4 is 20.1 Å². The van der Waals surface area contributed by atoms with Gasteiger partial charge in [0.15, 0.2) is 0 Å². The normalized spacial score (nSPS) is 17.2. The first-order chi connectivity index (χ1) is 9.22. The van der Waals surface area contributed by atoms with E-state index >= 15 is 0 Å². The number of methoxy groups -OCH3 is 2. The number of carbonyl (C=O) groups is 1. The first-order valence-electron chi connectivity index (χ1n) is 6.48. The summed E-state index contributed by atoms with van der Waals surface area (Å²) in [6.07, 6.45) is 2.68. The standard InChI is InChI=1S/C14H20N2O3.ClH/c1-18-11-5-6-13(19-2)12(9-11)16-14(17)8-10-4-3-7-15-10;/h5-6,9-10,15H,3-4,7-8H2,1-2H3,(H,16,17);1H. The lowest BCUT2D eigenvalue weighted by Gasteiger charge is -2.13. The molecule has 2 rings (SSSR count). The second-order valence-electron chi connectivity index (χ2n) is 4.61. The van der Waals surface area contributed by atoms with Gasteiger partial charge in [-0.25, -0.2) is 0 Å². The van der Waals surface area contributed by atoms with Gasteiger partial charge in [0.1, 0.15) is 11.5 Å². The first kappa shape index (κ1) is 16.6. The molecule has 0 radical (unpaired) electrons. The average molecular weight is 301 g/mol. The molecule has 0 aliphatic carbocycles. The van der Waals surface area contributed by atoms with E-state index in [1.54, 1.807) is 32.4 Å². The van der Waals surface area contributed by atoms with Gasteiger partial charge < -0.3 is 20.1 Å². The lowest BCUT2D eigenvalue weighted by molar-refractivity contribution is -0.116. The zero-order chi connectivity index (χ0) is 13.7. The fourth-order valence-electron chi connectivity index (χ4n) is 2.27. The Bertz CT molecular complexity index is 448. The molecular weight excluding hydrogens is 280 g/mol. The predicted molar refractivity (Wildman–Crippen MR) is 81.1 cm³/mol. The topological polar surface area (TPSA) is 59.6 Å². The Labute approximate surface area is 125 Å². The second-order valence-corrected chi connectivity index (χ2v) is 4.61. The van der Waals surface area contributed by atoms with E-state index < -0.39 is 0 Å². The molecular formula is C14H21ClN2O3. The smallest absolute Gasteiger partial charge is 0.226 e. The Morgan fingerprint density at radius 1 is 1.40 bits per heavy atom. The Hall–Kier alpha value is -1.46. The average Bonchev–Trinajstić information content (AvgIpc) is 2.91. The third-order valence-electron chi connectivity index (χ3n) is 3.27. The summed E-state index contributed by atoms with van der Waals surface area (Å²) in [5.74, 6) is 1.31. The van der Waals surface area contributed by atoms with Gasteiger partial charge in [-0.2, -0.15) is 0 Å². The van der Waals surface area contributed by atoms with E-state index in [2.05, 4.69) is 10.6 Å². The highest BCUT2D eigenvalue weighted by Crippen LogP contribution is 2.29. The molecule has 1 saturated heterocycles. The molecule has 112 valence electrons. The van der Waals surface area contributed by atoms with Crippen molar-refractivity contribution in [2.24, 2.45) is 0 Å². The summed E-state index contributed by atoms with van der Waals surface area (Å²) >= 11 is 0. The third kappa shape index (κ3) is 4.28. The van der Waals surface area contributed by atoms with Crippen LogP contribution in [0.3, 0.4) is 0 Å². The number of hydrogen-bond donors (Lipinski definition) is 2. The van der Waals surface area contributed by atoms with Crippen LogP contribution in [0.4, 0.5) is 5.69 Å². The molecule has 0 bridgehead atoms. The Morgan fingerprint density at radius 2 is 2.20 bits per heavy atom. The summed E-state index contributed by atoms with van der Waals surface area (Å²) in [5.41, 5.74) is 0.643. The number of ether oxygens (including phenoxy) is 2. The maximum Gasteiger partial charge on any atom is 0.226 e. The van der Waals surface area contributed by atoms with E-state index in [0.29, 0.717) is 23.6 Å². The lowest BCUT2D eigenvalue weighted by Crippen LogP contribution is -2.27. The van der Waals surface area contributed by atoms with Crippen LogP contribution >= 0.6 is 12.4 Å². The molecule has 1 amide bonds. The van der Waals surface area contributed by atoms with Crippen molar-refractivity contribution in [3.8, 4) is 11.5 Å². The molecule has 1 aliphatic rings. The van der Waals surface area contributed by atoms with Crippen molar-refractivity contribution in [1.82, 2.24) is 5.32 Å². The summed E-state index contributed by atoms with van der Waals surface area (Å²) in [5, 5.41) is 6.19. The van der Waals surface area contributed by atoms with Crippen molar-refractivity contribution in [2.75, 3.05) is 26.1 Å². The number of anilines is 1. The number of hydrogen-bond acceptors (Lipinski definition) is 4. The Morgan fingerprint density at radius 3 is 2.80 bits per heavy atom. The van der Waals surface area contributed by atoms with Crippen LogP contribution in [-0.4, -0.2) is 32.7 Å². The van der Waals surface area contributed by atoms with E-state index in [-0.39, 0.29) is 24.4 Å². The summed E-state index contributed by atoms with van der Waals surface area (Å²) in [6, 6.07) is 5.63. The van der Waals surface area contributed by atoms with Gasteiger partial charge in [-0.15, -0.1) is 12.4 Å². The van der Waals surface area contributed by atoms with Crippen LogP contribution in [0.25, 0.3) is 0 Å². The number of rotatable bonds is 5. The quantitative estimate of drug-likeness (QED) is 0.875. The number of halogens is 1. The summed E-state index contributed by atoms with van der Waals surface area (Å²) in [7, 11) is 3.17. The third-order valence-corrected chi connectivity index (χ3v) is 3.27. The van der Waals surface area contributed by atoms with Gasteiger partial charge in [-0.1, -0.05) is 0 Å². The molecule has 0 aromatic heterocycles. The van der Waals surface area contributed by atoms with Gasteiger partial charge in [0.25, 0.3) is 0 Å². The fraction of sp³-hybridized carbons (Fsp3) is 0.500. The van der Waals surface area contributed by atoms with Gasteiger partial charge in [-0.3, -0.25) is 4.79 Å². The van der Waals surface area contributed by atoms with Gasteiger partial charge >= 0.3 is 0 Å². The zero-order valence-corrected chi connectivity index (χ0v) is 12.6. The van der Waals surface area contributed by atoms with E-state index in [1.165, 1.54) is 0 Å². The molecule has 1 fully saturated rings. The molecule has 20 heavy (non-hydrogen) atoms. The minimum Gasteiger partial charge on any atom is -0.497 e. The van der Waals surface area contributed by atoms with Crippen molar-refractivity contribution < 1.29 is 14.3 Å². The number of carbonyl (C=O) groups excluding carboxylic acids is 1. The molecule has 5 nitrogen and oxygen atoms in total. The van der Waals surface area contributed by atoms with E-state index in [0.717, 1.165) is 19.4 Å². The van der Waals surface area contributed by atoms with Crippen molar-refractivity contribution in [2.45, 2.75) is 25.3 Å². The van der Waals surface area contributed by atoms with Gasteiger partial charge in [-0.05, 0) is 31.5 Å². The van der Waals surface area contributed by atoms with Crippen LogP contribution in [0.5, 0.6) is 11.5 Å². The van der Waals surface area contributed by atoms with Crippen molar-refractivity contribution >= 4 is 24.0 Å². The highest BCUT2D eigenvalue weighted by Gasteiger charge is 2.18. The fourth-order valence-corrected chi connectivity index (χ4v) is 2.27. The first-order valence-corrected chi connectivity index (χ1v) is 6.48. The van der Waals surface area contributed by atoms with Crippen LogP contribution in [0.1, 0.15) is 19.3 Å². The highest BCUT2D eigenvalue weighted by molar-refractivity contribution is 5.93. The van der Waals surface area contributed by atoms with Gasteiger partial charge in [0.2, 0.25) is 5.91 Å². The Balaban J connectivity index is 0.00000200. The van der Waals surface area contributed by atoms with E-state index in [4.69, 9.17) is 9.47 Å². The molecule has 2 N–H and O–H groups in total. The molecule has 1 aliphatic heterocycles. The largest absolute Gasteiger partial charge is 0.497 e. The zero-order valence-electron chi connectivity index (χ0n) is 11.8. The summed E-state index contributed by atoms with van der Waals surface area (Å²) in [4.78, 5) is 12.0. The molecule has 1 atom stereocenters. The maximum absolute atomic E-state index is 12.0. The molecule has 1 aromatic carbocycles. The minimum atomic E-state index is -0.00838.